The summed E-state index contributed by atoms with van der Waals surface area (Å²) in [5, 5.41) is 17.6. The average molecular weight is 403 g/mol. The Morgan fingerprint density at radius 2 is 1.90 bits per heavy atom. The number of nitrogens with zero attached hydrogens (tertiary/aromatic N) is 2. The van der Waals surface area contributed by atoms with Gasteiger partial charge < -0.3 is 25.1 Å². The van der Waals surface area contributed by atoms with E-state index in [2.05, 4.69) is 10.6 Å². The van der Waals surface area contributed by atoms with Gasteiger partial charge in [0.2, 0.25) is 10.9 Å². The van der Waals surface area contributed by atoms with E-state index in [0.717, 1.165) is 5.76 Å². The Morgan fingerprint density at radius 1 is 1.20 bits per heavy atom. The zero-order valence-electron chi connectivity index (χ0n) is 17.6. The number of carbonyl (C=O) groups is 1. The number of amides is 1. The first kappa shape index (κ1) is 23.3. The van der Waals surface area contributed by atoms with Crippen LogP contribution in [0.15, 0.2) is 44.3 Å². The third-order valence-electron chi connectivity index (χ3n) is 4.58. The molecular formula is C21H22LiN3O5. The molecule has 0 aliphatic carbocycles. The molecule has 2 aromatic carbocycles. The summed E-state index contributed by atoms with van der Waals surface area (Å²) >= 11 is 0. The largest absolute Gasteiger partial charge is 1.00 e. The molecule has 0 saturated carbocycles. The van der Waals surface area contributed by atoms with Crippen molar-refractivity contribution in [3.8, 4) is 5.75 Å². The molecule has 1 aromatic heterocycles. The molecule has 0 aliphatic heterocycles. The Labute approximate surface area is 185 Å². The molecule has 0 bridgehead atoms. The molecule has 0 fully saturated rings. The van der Waals surface area contributed by atoms with Crippen LogP contribution in [-0.4, -0.2) is 30.0 Å². The zero-order chi connectivity index (χ0) is 21.3. The second-order valence-corrected chi connectivity index (χ2v) is 6.91. The minimum absolute atomic E-state index is 0. The minimum atomic E-state index is -0.724. The van der Waals surface area contributed by atoms with Crippen LogP contribution in [0.3, 0.4) is 0 Å². The molecule has 1 atom stereocenters. The van der Waals surface area contributed by atoms with Crippen LogP contribution in [0.1, 0.15) is 41.3 Å². The third-order valence-corrected chi connectivity index (χ3v) is 4.58. The van der Waals surface area contributed by atoms with Crippen molar-refractivity contribution in [3.63, 3.8) is 0 Å². The van der Waals surface area contributed by atoms with Crippen LogP contribution < -0.4 is 35.0 Å². The molecule has 0 saturated heterocycles. The molecule has 2 N–H and O–H groups in total. The van der Waals surface area contributed by atoms with Gasteiger partial charge in [0.15, 0.2) is 5.75 Å². The normalized spacial score (nSPS) is 11.6. The standard InChI is InChI=1S/C21H23N3O5.Li/c1-5-13(15-10-9-11(2)29-15)22-16-17(20(27)19(16)26)23-14-8-6-7-12(18(14)25)21(28)24(3)4;/h6-10,13H,5H2,1-4H3,(H3,22,23,25,26,27,28);/q;+1/p-1. The number of nitrogens with one attached hydrogen (secondary N) is 1. The quantitative estimate of drug-likeness (QED) is 0.337. The molecule has 9 heteroatoms. The van der Waals surface area contributed by atoms with E-state index in [-0.39, 0.29) is 53.1 Å². The van der Waals surface area contributed by atoms with Gasteiger partial charge in [0.25, 0.3) is 5.91 Å². The van der Waals surface area contributed by atoms with Crippen LogP contribution >= 0.6 is 0 Å². The predicted octanol–water partition coefficient (Wildman–Crippen LogP) is 0.496. The second-order valence-electron chi connectivity index (χ2n) is 6.91. The summed E-state index contributed by atoms with van der Waals surface area (Å²) < 4.78 is 5.59. The predicted molar refractivity (Wildman–Crippen MR) is 110 cm³/mol. The topological polar surface area (TPSA) is 114 Å². The molecule has 30 heavy (non-hydrogen) atoms. The van der Waals surface area contributed by atoms with E-state index in [1.807, 2.05) is 13.8 Å². The summed E-state index contributed by atoms with van der Waals surface area (Å²) in [7, 11) is 3.13. The molecule has 1 amide bonds. The van der Waals surface area contributed by atoms with Crippen molar-refractivity contribution in [1.29, 1.82) is 0 Å². The Kier molecular flexibility index (Phi) is 7.19. The van der Waals surface area contributed by atoms with E-state index in [4.69, 9.17) is 4.42 Å². The Morgan fingerprint density at radius 3 is 2.47 bits per heavy atom. The van der Waals surface area contributed by atoms with Crippen LogP contribution in [-0.2, 0) is 0 Å². The number of aryl methyl sites for hydroxylation is 1. The maximum Gasteiger partial charge on any atom is 1.00 e. The molecule has 1 heterocycles. The van der Waals surface area contributed by atoms with Gasteiger partial charge in [-0.25, -0.2) is 0 Å². The van der Waals surface area contributed by atoms with Gasteiger partial charge in [-0.2, -0.15) is 0 Å². The van der Waals surface area contributed by atoms with Crippen LogP contribution in [0.5, 0.6) is 5.75 Å². The van der Waals surface area contributed by atoms with Crippen LogP contribution in [0.2, 0.25) is 0 Å². The van der Waals surface area contributed by atoms with E-state index >= 15 is 0 Å². The first-order valence-corrected chi connectivity index (χ1v) is 9.15. The molecular weight excluding hydrogens is 381 g/mol. The molecule has 8 nitrogen and oxygen atoms in total. The monoisotopic (exact) mass is 403 g/mol. The number of hydrogen-bond donors (Lipinski definition) is 2. The fraction of sp³-hybridized carbons (Fsp3) is 0.286. The number of hydrogen-bond acceptors (Lipinski definition) is 6. The summed E-state index contributed by atoms with van der Waals surface area (Å²) in [6.07, 6.45) is 0.573. The molecule has 3 aromatic rings. The van der Waals surface area contributed by atoms with Crippen molar-refractivity contribution >= 4 is 23.0 Å². The fourth-order valence-electron chi connectivity index (χ4n) is 2.96. The first-order valence-electron chi connectivity index (χ1n) is 9.15. The number of phenolic OH excluding ortho intramolecular Hbond substituents is 1. The first-order chi connectivity index (χ1) is 13.7. The van der Waals surface area contributed by atoms with Gasteiger partial charge in [-0.15, -0.1) is 0 Å². The molecule has 3 rings (SSSR count). The zero-order valence-corrected chi connectivity index (χ0v) is 17.6. The third kappa shape index (κ3) is 4.30. The van der Waals surface area contributed by atoms with Crippen molar-refractivity contribution in [3.05, 3.63) is 73.2 Å². The van der Waals surface area contributed by atoms with Crippen LogP contribution in [0.25, 0.3) is 5.32 Å². The van der Waals surface area contributed by atoms with Crippen LogP contribution in [0.4, 0.5) is 17.1 Å². The van der Waals surface area contributed by atoms with Gasteiger partial charge in [-0.3, -0.25) is 14.4 Å². The maximum absolute atomic E-state index is 12.2. The van der Waals surface area contributed by atoms with Gasteiger partial charge in [0, 0.05) is 14.1 Å². The number of anilines is 2. The van der Waals surface area contributed by atoms with Crippen LogP contribution in [0, 0.1) is 6.92 Å². The minimum Gasteiger partial charge on any atom is -0.671 e. The molecule has 152 valence electrons. The Bertz CT molecular complexity index is 1130. The fourth-order valence-corrected chi connectivity index (χ4v) is 2.96. The van der Waals surface area contributed by atoms with E-state index < -0.39 is 16.9 Å². The van der Waals surface area contributed by atoms with Gasteiger partial charge in [0.1, 0.15) is 5.76 Å². The van der Waals surface area contributed by atoms with Gasteiger partial charge in [-0.05, 0) is 31.2 Å². The number of rotatable bonds is 7. The van der Waals surface area contributed by atoms with Crippen molar-refractivity contribution in [2.24, 2.45) is 0 Å². The van der Waals surface area contributed by atoms with E-state index in [9.17, 15) is 19.5 Å². The number of para-hydroxylation sites is 1. The molecule has 0 radical (unpaired) electrons. The van der Waals surface area contributed by atoms with Crippen molar-refractivity contribution < 1.29 is 33.2 Å². The SMILES string of the molecule is CCC([N-]c1c(Nc2cccc(C(=O)N(C)C)c2O)c(=O)c1=O)c1ccc(C)o1.[Li+]. The average Bonchev–Trinajstić information content (AvgIpc) is 3.13. The summed E-state index contributed by atoms with van der Waals surface area (Å²) in [5.74, 6) is 0.633. The van der Waals surface area contributed by atoms with Gasteiger partial charge in [0.05, 0.1) is 22.7 Å². The molecule has 1 unspecified atom stereocenters. The smallest absolute Gasteiger partial charge is 0.671 e. The van der Waals surface area contributed by atoms with Gasteiger partial charge in [-0.1, -0.05) is 31.1 Å². The van der Waals surface area contributed by atoms with E-state index in [0.29, 0.717) is 12.2 Å². The second kappa shape index (κ2) is 9.24. The number of phenols is 1. The summed E-state index contributed by atoms with van der Waals surface area (Å²) in [6.45, 7) is 3.71. The maximum atomic E-state index is 12.2. The van der Waals surface area contributed by atoms with Gasteiger partial charge >= 0.3 is 18.9 Å². The summed E-state index contributed by atoms with van der Waals surface area (Å²) in [4.78, 5) is 37.7. The number of aromatic hydroxyl groups is 1. The number of benzene rings is 1. The molecule has 0 spiro atoms. The van der Waals surface area contributed by atoms with Crippen molar-refractivity contribution in [2.75, 3.05) is 19.4 Å². The molecule has 0 aliphatic rings. The Hall–Kier alpha value is -2.95. The number of carbonyl (C=O) groups excluding carboxylic acids is 1. The van der Waals surface area contributed by atoms with E-state index in [1.54, 1.807) is 32.3 Å². The van der Waals surface area contributed by atoms with Crippen molar-refractivity contribution in [2.45, 2.75) is 26.3 Å². The Balaban J connectivity index is 0.00000320. The summed E-state index contributed by atoms with van der Waals surface area (Å²) in [6, 6.07) is 7.73. The van der Waals surface area contributed by atoms with E-state index in [1.165, 1.54) is 17.0 Å². The van der Waals surface area contributed by atoms with Crippen molar-refractivity contribution in [1.82, 2.24) is 4.90 Å². The number of furan rings is 1. The summed E-state index contributed by atoms with van der Waals surface area (Å²) in [5.41, 5.74) is -1.22.